The summed E-state index contributed by atoms with van der Waals surface area (Å²) in [5.41, 5.74) is -1.88. The standard InChI is InChI=1S/C10H8F3N3O3/c11-7-1-6(3-14)2-8(16(18)19)9(7)15-4-10(12,13)5-17/h1-2,15,17H,4-5H2. The molecule has 2 N–H and O–H groups in total. The van der Waals surface area contributed by atoms with Gasteiger partial charge in [0, 0.05) is 6.07 Å². The van der Waals surface area contributed by atoms with Gasteiger partial charge in [0.05, 0.1) is 23.1 Å². The third kappa shape index (κ3) is 3.56. The number of nitriles is 1. The molecule has 0 amide bonds. The van der Waals surface area contributed by atoms with E-state index >= 15 is 0 Å². The highest BCUT2D eigenvalue weighted by molar-refractivity contribution is 5.65. The number of aliphatic hydroxyl groups excluding tert-OH is 1. The molecular weight excluding hydrogens is 267 g/mol. The van der Waals surface area contributed by atoms with Crippen molar-refractivity contribution >= 4 is 11.4 Å². The van der Waals surface area contributed by atoms with E-state index in [-0.39, 0.29) is 5.56 Å². The first kappa shape index (κ1) is 14.7. The van der Waals surface area contributed by atoms with Crippen molar-refractivity contribution in [3.05, 3.63) is 33.6 Å². The summed E-state index contributed by atoms with van der Waals surface area (Å²) in [6, 6.07) is 2.97. The minimum atomic E-state index is -3.55. The fourth-order valence-corrected chi connectivity index (χ4v) is 1.25. The lowest BCUT2D eigenvalue weighted by Crippen LogP contribution is -2.31. The smallest absolute Gasteiger partial charge is 0.296 e. The Labute approximate surface area is 105 Å². The number of rotatable bonds is 5. The van der Waals surface area contributed by atoms with Crippen molar-refractivity contribution in [3.63, 3.8) is 0 Å². The predicted octanol–water partition coefficient (Wildman–Crippen LogP) is 1.65. The number of nitrogens with one attached hydrogen (secondary N) is 1. The Hall–Kier alpha value is -2.34. The third-order valence-electron chi connectivity index (χ3n) is 2.15. The molecule has 9 heteroatoms. The van der Waals surface area contributed by atoms with Gasteiger partial charge in [-0.3, -0.25) is 10.1 Å². The average molecular weight is 275 g/mol. The second-order valence-corrected chi connectivity index (χ2v) is 3.59. The number of anilines is 1. The molecule has 1 rings (SSSR count). The van der Waals surface area contributed by atoms with Gasteiger partial charge >= 0.3 is 0 Å². The van der Waals surface area contributed by atoms with E-state index in [4.69, 9.17) is 10.4 Å². The summed E-state index contributed by atoms with van der Waals surface area (Å²) in [6.45, 7) is -2.65. The highest BCUT2D eigenvalue weighted by atomic mass is 19.3. The van der Waals surface area contributed by atoms with E-state index in [1.807, 2.05) is 5.32 Å². The number of hydrogen-bond donors (Lipinski definition) is 2. The molecule has 0 heterocycles. The molecule has 0 aliphatic heterocycles. The average Bonchev–Trinajstić information content (AvgIpc) is 2.36. The Balaban J connectivity index is 3.13. The second-order valence-electron chi connectivity index (χ2n) is 3.59. The number of halogens is 3. The first-order valence-corrected chi connectivity index (χ1v) is 4.91. The zero-order chi connectivity index (χ0) is 14.6. The molecule has 1 aromatic rings. The lowest BCUT2D eigenvalue weighted by molar-refractivity contribution is -0.384. The zero-order valence-electron chi connectivity index (χ0n) is 9.36. The Morgan fingerprint density at radius 3 is 2.63 bits per heavy atom. The zero-order valence-corrected chi connectivity index (χ0v) is 9.36. The topological polar surface area (TPSA) is 99.2 Å². The molecule has 6 nitrogen and oxygen atoms in total. The van der Waals surface area contributed by atoms with Crippen molar-refractivity contribution in [1.29, 1.82) is 5.26 Å². The lowest BCUT2D eigenvalue weighted by Gasteiger charge is -2.15. The molecule has 0 atom stereocenters. The largest absolute Gasteiger partial charge is 0.390 e. The Morgan fingerprint density at radius 1 is 1.53 bits per heavy atom. The molecule has 102 valence electrons. The van der Waals surface area contributed by atoms with Gasteiger partial charge in [-0.15, -0.1) is 0 Å². The van der Waals surface area contributed by atoms with Crippen LogP contribution in [-0.2, 0) is 0 Å². The van der Waals surface area contributed by atoms with Crippen molar-refractivity contribution in [1.82, 2.24) is 0 Å². The summed E-state index contributed by atoms with van der Waals surface area (Å²) in [5, 5.41) is 29.4. The monoisotopic (exact) mass is 275 g/mol. The van der Waals surface area contributed by atoms with Gasteiger partial charge in [-0.2, -0.15) is 5.26 Å². The van der Waals surface area contributed by atoms with Gasteiger partial charge in [-0.25, -0.2) is 13.2 Å². The molecule has 0 aliphatic carbocycles. The molecule has 0 bridgehead atoms. The summed E-state index contributed by atoms with van der Waals surface area (Å²) in [4.78, 5) is 9.69. The molecule has 0 unspecified atom stereocenters. The molecule has 0 spiro atoms. The van der Waals surface area contributed by atoms with E-state index in [1.165, 1.54) is 6.07 Å². The molecule has 0 fully saturated rings. The number of alkyl halides is 2. The summed E-state index contributed by atoms with van der Waals surface area (Å²) in [6.07, 6.45) is 0. The van der Waals surface area contributed by atoms with Crippen LogP contribution >= 0.6 is 0 Å². The Morgan fingerprint density at radius 2 is 2.16 bits per heavy atom. The van der Waals surface area contributed by atoms with E-state index in [9.17, 15) is 23.3 Å². The van der Waals surface area contributed by atoms with Crippen LogP contribution in [0.1, 0.15) is 5.56 Å². The van der Waals surface area contributed by atoms with Crippen molar-refractivity contribution in [2.75, 3.05) is 18.5 Å². The van der Waals surface area contributed by atoms with Gasteiger partial charge in [-0.1, -0.05) is 0 Å². The van der Waals surface area contributed by atoms with Gasteiger partial charge in [0.15, 0.2) is 5.82 Å². The quantitative estimate of drug-likeness (QED) is 0.628. The van der Waals surface area contributed by atoms with Crippen LogP contribution in [0.25, 0.3) is 0 Å². The molecule has 0 saturated heterocycles. The van der Waals surface area contributed by atoms with Crippen molar-refractivity contribution in [2.24, 2.45) is 0 Å². The van der Waals surface area contributed by atoms with Crippen LogP contribution in [0.2, 0.25) is 0 Å². The van der Waals surface area contributed by atoms with E-state index in [0.717, 1.165) is 6.07 Å². The van der Waals surface area contributed by atoms with E-state index in [1.54, 1.807) is 0 Å². The van der Waals surface area contributed by atoms with Crippen LogP contribution in [-0.4, -0.2) is 29.1 Å². The van der Waals surface area contributed by atoms with Gasteiger partial charge in [-0.05, 0) is 6.07 Å². The number of nitro groups is 1. The normalized spacial score (nSPS) is 10.9. The molecule has 0 saturated carbocycles. The Kier molecular flexibility index (Phi) is 4.29. The molecule has 0 aliphatic rings. The number of hydrogen-bond acceptors (Lipinski definition) is 5. The van der Waals surface area contributed by atoms with Crippen LogP contribution in [0.15, 0.2) is 12.1 Å². The maximum absolute atomic E-state index is 13.5. The summed E-state index contributed by atoms with van der Waals surface area (Å²) in [7, 11) is 0. The number of aliphatic hydroxyl groups is 1. The number of nitrogens with zero attached hydrogens (tertiary/aromatic N) is 2. The molecule has 0 radical (unpaired) electrons. The molecular formula is C10H8F3N3O3. The van der Waals surface area contributed by atoms with Crippen molar-refractivity contribution in [3.8, 4) is 6.07 Å². The first-order chi connectivity index (χ1) is 8.80. The minimum Gasteiger partial charge on any atom is -0.390 e. The van der Waals surface area contributed by atoms with E-state index < -0.39 is 41.2 Å². The van der Waals surface area contributed by atoms with Crippen LogP contribution in [0, 0.1) is 27.3 Å². The molecule has 1 aromatic carbocycles. The van der Waals surface area contributed by atoms with Gasteiger partial charge in [0.2, 0.25) is 0 Å². The van der Waals surface area contributed by atoms with Gasteiger partial charge in [0.25, 0.3) is 11.6 Å². The van der Waals surface area contributed by atoms with Crippen LogP contribution in [0.3, 0.4) is 0 Å². The molecule has 0 aromatic heterocycles. The minimum absolute atomic E-state index is 0.302. The van der Waals surface area contributed by atoms with Crippen LogP contribution < -0.4 is 5.32 Å². The summed E-state index contributed by atoms with van der Waals surface area (Å²) in [5.74, 6) is -4.74. The summed E-state index contributed by atoms with van der Waals surface area (Å²) >= 11 is 0. The predicted molar refractivity (Wildman–Crippen MR) is 58.3 cm³/mol. The van der Waals surface area contributed by atoms with Crippen LogP contribution in [0.4, 0.5) is 24.5 Å². The summed E-state index contributed by atoms with van der Waals surface area (Å²) < 4.78 is 39.1. The second kappa shape index (κ2) is 5.53. The number of benzene rings is 1. The highest BCUT2D eigenvalue weighted by Crippen LogP contribution is 2.29. The van der Waals surface area contributed by atoms with Crippen LogP contribution in [0.5, 0.6) is 0 Å². The fourth-order valence-electron chi connectivity index (χ4n) is 1.25. The molecule has 19 heavy (non-hydrogen) atoms. The first-order valence-electron chi connectivity index (χ1n) is 4.91. The highest BCUT2D eigenvalue weighted by Gasteiger charge is 2.30. The van der Waals surface area contributed by atoms with E-state index in [2.05, 4.69) is 0 Å². The van der Waals surface area contributed by atoms with Crippen molar-refractivity contribution in [2.45, 2.75) is 5.92 Å². The SMILES string of the molecule is N#Cc1cc(F)c(NCC(F)(F)CO)c([N+](=O)[O-])c1. The maximum atomic E-state index is 13.5. The van der Waals surface area contributed by atoms with E-state index in [0.29, 0.717) is 6.07 Å². The fraction of sp³-hybridized carbons (Fsp3) is 0.300. The third-order valence-corrected chi connectivity index (χ3v) is 2.15. The van der Waals surface area contributed by atoms with Crippen molar-refractivity contribution < 1.29 is 23.2 Å². The lowest BCUT2D eigenvalue weighted by atomic mass is 10.1. The van der Waals surface area contributed by atoms with Gasteiger partial charge in [0.1, 0.15) is 12.3 Å². The maximum Gasteiger partial charge on any atom is 0.296 e. The number of nitro benzene ring substituents is 1. The Bertz CT molecular complexity index is 543. The van der Waals surface area contributed by atoms with Gasteiger partial charge < -0.3 is 10.4 Å².